The average molecular weight is 211 g/mol. The zero-order valence-corrected chi connectivity index (χ0v) is 9.37. The van der Waals surface area contributed by atoms with E-state index in [-0.39, 0.29) is 11.9 Å². The highest BCUT2D eigenvalue weighted by molar-refractivity contribution is 5.84. The van der Waals surface area contributed by atoms with Crippen molar-refractivity contribution in [2.45, 2.75) is 45.1 Å². The van der Waals surface area contributed by atoms with Crippen molar-refractivity contribution in [3.8, 4) is 0 Å². The van der Waals surface area contributed by atoms with Crippen molar-refractivity contribution in [1.82, 2.24) is 5.32 Å². The minimum atomic E-state index is -0.0563. The molecular formula is C11H21N3O. The third-order valence-electron chi connectivity index (χ3n) is 2.84. The van der Waals surface area contributed by atoms with Gasteiger partial charge < -0.3 is 16.3 Å². The molecule has 1 aliphatic carbocycles. The summed E-state index contributed by atoms with van der Waals surface area (Å²) in [7, 11) is 0. The minimum absolute atomic E-state index is 0.0563. The summed E-state index contributed by atoms with van der Waals surface area (Å²) >= 11 is 0. The summed E-state index contributed by atoms with van der Waals surface area (Å²) in [5.74, 6) is 0.243. The molecule has 4 nitrogen and oxygen atoms in total. The minimum Gasteiger partial charge on any atom is -0.409 e. The number of nitrogens with two attached hydrogens (primary N) is 1. The Morgan fingerprint density at radius 2 is 2.47 bits per heavy atom. The van der Waals surface area contributed by atoms with Gasteiger partial charge >= 0.3 is 0 Å². The molecule has 1 atom stereocenters. The number of nitrogens with one attached hydrogen (secondary N) is 1. The van der Waals surface area contributed by atoms with E-state index >= 15 is 0 Å². The third kappa shape index (κ3) is 4.34. The standard InChI is InChI=1S/C11H21N3O/c1-9(11(12)14-15)13-8-7-10-5-3-2-4-6-10/h5,9,13,15H,2-4,6-8H2,1H3,(H2,12,14). The number of hydrogen-bond donors (Lipinski definition) is 3. The van der Waals surface area contributed by atoms with E-state index in [1.54, 1.807) is 5.57 Å². The van der Waals surface area contributed by atoms with Gasteiger partial charge in [-0.2, -0.15) is 0 Å². The van der Waals surface area contributed by atoms with Gasteiger partial charge in [0, 0.05) is 0 Å². The number of amidine groups is 1. The van der Waals surface area contributed by atoms with Crippen LogP contribution in [0.25, 0.3) is 0 Å². The number of hydrogen-bond acceptors (Lipinski definition) is 3. The number of nitrogens with zero attached hydrogens (tertiary/aromatic N) is 1. The van der Waals surface area contributed by atoms with Crippen LogP contribution in [0.15, 0.2) is 16.8 Å². The van der Waals surface area contributed by atoms with E-state index in [0.717, 1.165) is 13.0 Å². The molecule has 0 aromatic heterocycles. The maximum Gasteiger partial charge on any atom is 0.156 e. The zero-order valence-electron chi connectivity index (χ0n) is 9.37. The molecule has 0 radical (unpaired) electrons. The maximum atomic E-state index is 8.46. The maximum absolute atomic E-state index is 8.46. The van der Waals surface area contributed by atoms with Crippen LogP contribution in [-0.2, 0) is 0 Å². The van der Waals surface area contributed by atoms with E-state index in [9.17, 15) is 0 Å². The van der Waals surface area contributed by atoms with Gasteiger partial charge in [0.05, 0.1) is 6.04 Å². The van der Waals surface area contributed by atoms with Crippen molar-refractivity contribution >= 4 is 5.84 Å². The molecule has 1 aliphatic rings. The van der Waals surface area contributed by atoms with Gasteiger partial charge in [-0.15, -0.1) is 0 Å². The Labute approximate surface area is 91.2 Å². The van der Waals surface area contributed by atoms with Gasteiger partial charge in [0.25, 0.3) is 0 Å². The van der Waals surface area contributed by atoms with Crippen molar-refractivity contribution < 1.29 is 5.21 Å². The second-order valence-corrected chi connectivity index (χ2v) is 4.06. The summed E-state index contributed by atoms with van der Waals surface area (Å²) in [5.41, 5.74) is 7.00. The predicted molar refractivity (Wildman–Crippen MR) is 62.0 cm³/mol. The highest BCUT2D eigenvalue weighted by Gasteiger charge is 2.07. The van der Waals surface area contributed by atoms with Crippen molar-refractivity contribution in [2.24, 2.45) is 10.9 Å². The molecule has 0 bridgehead atoms. The molecule has 1 rings (SSSR count). The fraction of sp³-hybridized carbons (Fsp3) is 0.727. The summed E-state index contributed by atoms with van der Waals surface area (Å²) in [4.78, 5) is 0. The molecule has 0 aromatic rings. The van der Waals surface area contributed by atoms with Crippen LogP contribution in [0.4, 0.5) is 0 Å². The van der Waals surface area contributed by atoms with Crippen LogP contribution < -0.4 is 11.1 Å². The van der Waals surface area contributed by atoms with Crippen LogP contribution in [-0.4, -0.2) is 23.6 Å². The fourth-order valence-electron chi connectivity index (χ4n) is 1.77. The molecule has 4 heteroatoms. The lowest BCUT2D eigenvalue weighted by Crippen LogP contribution is -2.39. The Balaban J connectivity index is 2.18. The first-order valence-electron chi connectivity index (χ1n) is 5.62. The molecular weight excluding hydrogens is 190 g/mol. The third-order valence-corrected chi connectivity index (χ3v) is 2.84. The van der Waals surface area contributed by atoms with E-state index < -0.39 is 0 Å². The largest absolute Gasteiger partial charge is 0.409 e. The van der Waals surface area contributed by atoms with Gasteiger partial charge in [0.1, 0.15) is 0 Å². The molecule has 0 fully saturated rings. The van der Waals surface area contributed by atoms with E-state index in [4.69, 9.17) is 10.9 Å². The van der Waals surface area contributed by atoms with Gasteiger partial charge in [-0.25, -0.2) is 0 Å². The molecule has 0 heterocycles. The molecule has 15 heavy (non-hydrogen) atoms. The second kappa shape index (κ2) is 6.45. The van der Waals surface area contributed by atoms with Crippen LogP contribution in [0.2, 0.25) is 0 Å². The van der Waals surface area contributed by atoms with Crippen molar-refractivity contribution in [3.63, 3.8) is 0 Å². The van der Waals surface area contributed by atoms with Crippen LogP contribution in [0.1, 0.15) is 39.0 Å². The monoisotopic (exact) mass is 211 g/mol. The Hall–Kier alpha value is -1.03. The van der Waals surface area contributed by atoms with Crippen LogP contribution in [0, 0.1) is 0 Å². The Morgan fingerprint density at radius 1 is 1.67 bits per heavy atom. The Morgan fingerprint density at radius 3 is 3.07 bits per heavy atom. The second-order valence-electron chi connectivity index (χ2n) is 4.06. The first-order chi connectivity index (χ1) is 7.24. The average Bonchev–Trinajstić information content (AvgIpc) is 2.29. The normalized spacial score (nSPS) is 19.8. The summed E-state index contributed by atoms with van der Waals surface area (Å²) < 4.78 is 0. The quantitative estimate of drug-likeness (QED) is 0.213. The highest BCUT2D eigenvalue weighted by Crippen LogP contribution is 2.19. The molecule has 0 aliphatic heterocycles. The summed E-state index contributed by atoms with van der Waals surface area (Å²) in [6.07, 6.45) is 8.53. The van der Waals surface area contributed by atoms with Gasteiger partial charge in [-0.05, 0) is 45.6 Å². The smallest absolute Gasteiger partial charge is 0.156 e. The predicted octanol–water partition coefficient (Wildman–Crippen LogP) is 1.60. The van der Waals surface area contributed by atoms with Gasteiger partial charge in [-0.3, -0.25) is 0 Å². The van der Waals surface area contributed by atoms with E-state index in [0.29, 0.717) is 0 Å². The molecule has 1 unspecified atom stereocenters. The van der Waals surface area contributed by atoms with E-state index in [1.165, 1.54) is 25.7 Å². The van der Waals surface area contributed by atoms with E-state index in [1.807, 2.05) is 6.92 Å². The number of allylic oxidation sites excluding steroid dienone is 1. The lowest BCUT2D eigenvalue weighted by atomic mass is 9.97. The van der Waals surface area contributed by atoms with E-state index in [2.05, 4.69) is 16.5 Å². The first kappa shape index (κ1) is 12.0. The molecule has 0 aromatic carbocycles. The molecule has 0 saturated heterocycles. The van der Waals surface area contributed by atoms with Crippen LogP contribution in [0.3, 0.4) is 0 Å². The zero-order chi connectivity index (χ0) is 11.1. The Kier molecular flexibility index (Phi) is 5.18. The summed E-state index contributed by atoms with van der Waals surface area (Å²) in [6.45, 7) is 2.79. The van der Waals surface area contributed by atoms with Gasteiger partial charge in [0.2, 0.25) is 0 Å². The first-order valence-corrected chi connectivity index (χ1v) is 5.62. The topological polar surface area (TPSA) is 70.6 Å². The van der Waals surface area contributed by atoms with Crippen LogP contribution in [0.5, 0.6) is 0 Å². The Bertz CT molecular complexity index is 248. The number of oxime groups is 1. The molecule has 4 N–H and O–H groups in total. The highest BCUT2D eigenvalue weighted by atomic mass is 16.4. The van der Waals surface area contributed by atoms with Gasteiger partial charge in [-0.1, -0.05) is 16.8 Å². The van der Waals surface area contributed by atoms with Gasteiger partial charge in [0.15, 0.2) is 5.84 Å². The molecule has 86 valence electrons. The van der Waals surface area contributed by atoms with Crippen LogP contribution >= 0.6 is 0 Å². The molecule has 0 saturated carbocycles. The summed E-state index contributed by atoms with van der Waals surface area (Å²) in [6, 6.07) is -0.0563. The number of rotatable bonds is 5. The summed E-state index contributed by atoms with van der Waals surface area (Å²) in [5, 5.41) is 14.7. The van der Waals surface area contributed by atoms with Crippen molar-refractivity contribution in [3.05, 3.63) is 11.6 Å². The molecule has 0 spiro atoms. The molecule has 0 amide bonds. The lowest BCUT2D eigenvalue weighted by Gasteiger charge is -2.15. The van der Waals surface area contributed by atoms with Crippen molar-refractivity contribution in [2.75, 3.05) is 6.54 Å². The fourth-order valence-corrected chi connectivity index (χ4v) is 1.77. The lowest BCUT2D eigenvalue weighted by molar-refractivity contribution is 0.315. The van der Waals surface area contributed by atoms with Crippen molar-refractivity contribution in [1.29, 1.82) is 0 Å². The SMILES string of the molecule is CC(NCCC1=CCCCC1)C(N)=NO.